The third kappa shape index (κ3) is 2.98. The van der Waals surface area contributed by atoms with Gasteiger partial charge in [0.25, 0.3) is 5.91 Å². The molecule has 3 rings (SSSR count). The Bertz CT molecular complexity index is 699. The molecule has 1 amide bonds. The fourth-order valence-corrected chi connectivity index (χ4v) is 4.98. The highest BCUT2D eigenvalue weighted by Gasteiger charge is 2.29. The number of ether oxygens (including phenoxy) is 1. The standard InChI is InChI=1S/C13H16BrN3O4S/c14-9-6-10-11(21-8-13(18)16-10)7-12(9)22(19,20)17-4-1-2-15-3-5-17/h6-7,15H,1-5,8H2,(H,16,18). The summed E-state index contributed by atoms with van der Waals surface area (Å²) in [7, 11) is -3.61. The van der Waals surface area contributed by atoms with Gasteiger partial charge in [-0.3, -0.25) is 4.79 Å². The number of rotatable bonds is 2. The van der Waals surface area contributed by atoms with Crippen molar-refractivity contribution in [2.45, 2.75) is 11.3 Å². The van der Waals surface area contributed by atoms with Crippen molar-refractivity contribution in [1.82, 2.24) is 9.62 Å². The lowest BCUT2D eigenvalue weighted by Crippen LogP contribution is -2.34. The number of hydrogen-bond donors (Lipinski definition) is 2. The van der Waals surface area contributed by atoms with Crippen LogP contribution < -0.4 is 15.4 Å². The summed E-state index contributed by atoms with van der Waals surface area (Å²) >= 11 is 3.29. The highest BCUT2D eigenvalue weighted by Crippen LogP contribution is 2.36. The van der Waals surface area contributed by atoms with Gasteiger partial charge in [0.15, 0.2) is 6.61 Å². The molecular formula is C13H16BrN3O4S. The molecule has 0 spiro atoms. The highest BCUT2D eigenvalue weighted by molar-refractivity contribution is 9.10. The normalized spacial score (nSPS) is 19.8. The van der Waals surface area contributed by atoms with E-state index in [1.807, 2.05) is 0 Å². The van der Waals surface area contributed by atoms with Crippen LogP contribution in [-0.4, -0.2) is 51.4 Å². The Kier molecular flexibility index (Phi) is 4.40. The Balaban J connectivity index is 1.98. The van der Waals surface area contributed by atoms with Crippen LogP contribution in [0.15, 0.2) is 21.5 Å². The van der Waals surface area contributed by atoms with E-state index < -0.39 is 10.0 Å². The number of hydrogen-bond acceptors (Lipinski definition) is 5. The maximum absolute atomic E-state index is 12.8. The first-order chi connectivity index (χ1) is 10.5. The number of fused-ring (bicyclic) bond motifs is 1. The van der Waals surface area contributed by atoms with Crippen LogP contribution in [0.2, 0.25) is 0 Å². The van der Waals surface area contributed by atoms with E-state index >= 15 is 0 Å². The summed E-state index contributed by atoms with van der Waals surface area (Å²) in [4.78, 5) is 11.5. The molecule has 1 fully saturated rings. The Morgan fingerprint density at radius 2 is 2.05 bits per heavy atom. The van der Waals surface area contributed by atoms with E-state index in [9.17, 15) is 13.2 Å². The van der Waals surface area contributed by atoms with Gasteiger partial charge in [0.1, 0.15) is 10.6 Å². The van der Waals surface area contributed by atoms with Gasteiger partial charge in [-0.05, 0) is 35.0 Å². The minimum absolute atomic E-state index is 0.109. The molecule has 2 aliphatic heterocycles. The minimum atomic E-state index is -3.61. The molecule has 2 aliphatic rings. The second kappa shape index (κ2) is 6.15. The SMILES string of the molecule is O=C1COc2cc(S(=O)(=O)N3CCCNCC3)c(Br)cc2N1. The second-order valence-corrected chi connectivity index (χ2v) is 7.88. The van der Waals surface area contributed by atoms with Crippen LogP contribution in [0.5, 0.6) is 5.75 Å². The number of anilines is 1. The Morgan fingerprint density at radius 1 is 1.23 bits per heavy atom. The minimum Gasteiger partial charge on any atom is -0.482 e. The summed E-state index contributed by atoms with van der Waals surface area (Å²) in [5.41, 5.74) is 0.472. The molecule has 1 saturated heterocycles. The number of carbonyl (C=O) groups excluding carboxylic acids is 1. The fourth-order valence-electron chi connectivity index (χ4n) is 2.48. The molecule has 9 heteroatoms. The lowest BCUT2D eigenvalue weighted by molar-refractivity contribution is -0.118. The molecule has 0 aliphatic carbocycles. The molecule has 0 atom stereocenters. The third-order valence-corrected chi connectivity index (χ3v) is 6.44. The average Bonchev–Trinajstić information content (AvgIpc) is 2.75. The highest BCUT2D eigenvalue weighted by atomic mass is 79.9. The molecule has 0 radical (unpaired) electrons. The predicted molar refractivity (Wildman–Crippen MR) is 84.5 cm³/mol. The van der Waals surface area contributed by atoms with Crippen molar-refractivity contribution < 1.29 is 17.9 Å². The summed E-state index contributed by atoms with van der Waals surface area (Å²) in [6.07, 6.45) is 0.772. The van der Waals surface area contributed by atoms with Gasteiger partial charge >= 0.3 is 0 Å². The van der Waals surface area contributed by atoms with Gasteiger partial charge in [-0.2, -0.15) is 4.31 Å². The van der Waals surface area contributed by atoms with Crippen molar-refractivity contribution in [2.24, 2.45) is 0 Å². The van der Waals surface area contributed by atoms with Crippen LogP contribution in [0.4, 0.5) is 5.69 Å². The Hall–Kier alpha value is -1.16. The van der Waals surface area contributed by atoms with Crippen molar-refractivity contribution >= 4 is 37.5 Å². The molecule has 22 heavy (non-hydrogen) atoms. The number of carbonyl (C=O) groups is 1. The van der Waals surface area contributed by atoms with E-state index in [1.54, 1.807) is 6.07 Å². The van der Waals surface area contributed by atoms with Crippen LogP contribution in [0.25, 0.3) is 0 Å². The van der Waals surface area contributed by atoms with Gasteiger partial charge in [0.05, 0.1) is 5.69 Å². The molecule has 0 saturated carbocycles. The van der Waals surface area contributed by atoms with E-state index in [-0.39, 0.29) is 17.4 Å². The number of benzene rings is 1. The van der Waals surface area contributed by atoms with E-state index in [4.69, 9.17) is 4.74 Å². The van der Waals surface area contributed by atoms with Crippen LogP contribution in [0, 0.1) is 0 Å². The summed E-state index contributed by atoms with van der Waals surface area (Å²) in [6, 6.07) is 3.03. The topological polar surface area (TPSA) is 87.7 Å². The van der Waals surface area contributed by atoms with Crippen LogP contribution >= 0.6 is 15.9 Å². The molecular weight excluding hydrogens is 374 g/mol. The van der Waals surface area contributed by atoms with Crippen LogP contribution in [0.1, 0.15) is 6.42 Å². The zero-order valence-electron chi connectivity index (χ0n) is 11.8. The van der Waals surface area contributed by atoms with Crippen LogP contribution in [0.3, 0.4) is 0 Å². The van der Waals surface area contributed by atoms with Gasteiger partial charge < -0.3 is 15.4 Å². The summed E-state index contributed by atoms with van der Waals surface area (Å²) in [6.45, 7) is 2.25. The van der Waals surface area contributed by atoms with Crippen molar-refractivity contribution in [3.63, 3.8) is 0 Å². The number of halogens is 1. The zero-order valence-corrected chi connectivity index (χ0v) is 14.2. The maximum atomic E-state index is 12.8. The quantitative estimate of drug-likeness (QED) is 0.779. The largest absolute Gasteiger partial charge is 0.482 e. The number of sulfonamides is 1. The van der Waals surface area contributed by atoms with E-state index in [1.165, 1.54) is 10.4 Å². The van der Waals surface area contributed by atoms with Gasteiger partial charge in [0.2, 0.25) is 10.0 Å². The molecule has 120 valence electrons. The predicted octanol–water partition coefficient (Wildman–Crippen LogP) is 0.764. The molecule has 7 nitrogen and oxygen atoms in total. The van der Waals surface area contributed by atoms with Crippen molar-refractivity contribution in [2.75, 3.05) is 38.1 Å². The van der Waals surface area contributed by atoms with Gasteiger partial charge in [-0.25, -0.2) is 8.42 Å². The smallest absolute Gasteiger partial charge is 0.262 e. The van der Waals surface area contributed by atoms with Gasteiger partial charge in [-0.1, -0.05) is 0 Å². The van der Waals surface area contributed by atoms with Crippen molar-refractivity contribution in [3.8, 4) is 5.75 Å². The first-order valence-corrected chi connectivity index (χ1v) is 9.19. The molecule has 0 unspecified atom stereocenters. The van der Waals surface area contributed by atoms with E-state index in [0.29, 0.717) is 35.5 Å². The average molecular weight is 390 g/mol. The van der Waals surface area contributed by atoms with E-state index in [2.05, 4.69) is 26.6 Å². The summed E-state index contributed by atoms with van der Waals surface area (Å²) < 4.78 is 32.9. The fraction of sp³-hybridized carbons (Fsp3) is 0.462. The number of nitrogens with zero attached hydrogens (tertiary/aromatic N) is 1. The number of amides is 1. The summed E-state index contributed by atoms with van der Waals surface area (Å²) in [5.74, 6) is 0.114. The molecule has 2 N–H and O–H groups in total. The molecule has 1 aromatic carbocycles. The van der Waals surface area contributed by atoms with E-state index in [0.717, 1.165) is 13.0 Å². The van der Waals surface area contributed by atoms with Crippen LogP contribution in [-0.2, 0) is 14.8 Å². The lowest BCUT2D eigenvalue weighted by atomic mass is 10.2. The van der Waals surface area contributed by atoms with Crippen molar-refractivity contribution in [3.05, 3.63) is 16.6 Å². The van der Waals surface area contributed by atoms with Gasteiger partial charge in [-0.15, -0.1) is 0 Å². The third-order valence-electron chi connectivity index (χ3n) is 3.58. The second-order valence-electron chi connectivity index (χ2n) is 5.12. The molecule has 1 aromatic rings. The summed E-state index contributed by atoms with van der Waals surface area (Å²) in [5, 5.41) is 5.84. The molecule has 2 heterocycles. The monoisotopic (exact) mass is 389 g/mol. The maximum Gasteiger partial charge on any atom is 0.262 e. The Labute approximate surface area is 137 Å². The first-order valence-electron chi connectivity index (χ1n) is 6.95. The Morgan fingerprint density at radius 3 is 2.86 bits per heavy atom. The van der Waals surface area contributed by atoms with Crippen molar-refractivity contribution in [1.29, 1.82) is 0 Å². The first kappa shape index (κ1) is 15.7. The number of nitrogens with one attached hydrogen (secondary N) is 2. The zero-order chi connectivity index (χ0) is 15.7. The molecule has 0 aromatic heterocycles. The lowest BCUT2D eigenvalue weighted by Gasteiger charge is -2.23. The molecule has 0 bridgehead atoms. The van der Waals surface area contributed by atoms with Gasteiger partial charge in [0, 0.05) is 30.2 Å².